The number of halogens is 2. The minimum absolute atomic E-state index is 0.0773. The maximum absolute atomic E-state index is 12.3. The highest BCUT2D eigenvalue weighted by atomic mass is 35.5. The van der Waals surface area contributed by atoms with E-state index < -0.39 is 15.4 Å². The zero-order valence-corrected chi connectivity index (χ0v) is 17.6. The molecular formula is C18H20Cl2N2O2S2. The van der Waals surface area contributed by atoms with Gasteiger partial charge in [0.2, 0.25) is 10.0 Å². The summed E-state index contributed by atoms with van der Waals surface area (Å²) >= 11 is 16.7. The Morgan fingerprint density at radius 2 is 1.88 bits per heavy atom. The highest BCUT2D eigenvalue weighted by Crippen LogP contribution is 2.38. The molecule has 2 aromatic rings. The van der Waals surface area contributed by atoms with E-state index in [0.29, 0.717) is 10.0 Å². The molecule has 0 fully saturated rings. The molecule has 1 N–H and O–H groups in total. The molecule has 0 radical (unpaired) electrons. The zero-order chi connectivity index (χ0) is 19.1. The Balaban J connectivity index is 1.98. The molecular weight excluding hydrogens is 411 g/mol. The first-order valence-corrected chi connectivity index (χ1v) is 10.9. The molecule has 140 valence electrons. The van der Waals surface area contributed by atoms with Gasteiger partial charge in [-0.05, 0) is 54.9 Å². The average molecular weight is 431 g/mol. The van der Waals surface area contributed by atoms with Gasteiger partial charge in [0, 0.05) is 29.1 Å². The summed E-state index contributed by atoms with van der Waals surface area (Å²) in [5.74, 6) is 0.0773. The van der Waals surface area contributed by atoms with Crippen LogP contribution < -0.4 is 4.72 Å². The Kier molecular flexibility index (Phi) is 5.92. The minimum Gasteiger partial charge on any atom is -0.301 e. The van der Waals surface area contributed by atoms with Crippen LogP contribution in [-0.4, -0.2) is 32.3 Å². The molecule has 0 bridgehead atoms. The van der Waals surface area contributed by atoms with E-state index in [1.54, 1.807) is 25.1 Å². The quantitative estimate of drug-likeness (QED) is 0.566. The lowest BCUT2D eigenvalue weighted by molar-refractivity contribution is 0.295. The Morgan fingerprint density at radius 1 is 1.23 bits per heavy atom. The van der Waals surface area contributed by atoms with Crippen LogP contribution in [0.5, 0.6) is 0 Å². The molecule has 2 aromatic carbocycles. The fraction of sp³-hybridized carbons (Fsp3) is 0.333. The van der Waals surface area contributed by atoms with E-state index in [4.69, 9.17) is 23.2 Å². The van der Waals surface area contributed by atoms with Crippen LogP contribution in [0.15, 0.2) is 41.3 Å². The van der Waals surface area contributed by atoms with Gasteiger partial charge in [0.15, 0.2) is 0 Å². The lowest BCUT2D eigenvalue weighted by Crippen LogP contribution is -2.31. The summed E-state index contributed by atoms with van der Waals surface area (Å²) in [5, 5.41) is 0.813. The third kappa shape index (κ3) is 4.21. The molecule has 0 amide bonds. The molecule has 2 unspecified atom stereocenters. The molecule has 0 aliphatic carbocycles. The molecule has 0 spiro atoms. The van der Waals surface area contributed by atoms with Crippen molar-refractivity contribution in [2.75, 3.05) is 13.6 Å². The van der Waals surface area contributed by atoms with E-state index in [0.717, 1.165) is 29.8 Å². The summed E-state index contributed by atoms with van der Waals surface area (Å²) in [5.41, 5.74) is 3.18. The molecule has 26 heavy (non-hydrogen) atoms. The molecule has 0 saturated heterocycles. The second-order valence-corrected chi connectivity index (χ2v) is 9.90. The first kappa shape index (κ1) is 20.0. The smallest absolute Gasteiger partial charge is 0.241 e. The number of rotatable bonds is 4. The highest BCUT2D eigenvalue weighted by molar-refractivity contribution is 7.90. The zero-order valence-electron chi connectivity index (χ0n) is 14.4. The Morgan fingerprint density at radius 3 is 2.50 bits per heavy atom. The van der Waals surface area contributed by atoms with E-state index in [2.05, 4.69) is 22.3 Å². The van der Waals surface area contributed by atoms with Crippen LogP contribution >= 0.6 is 35.8 Å². The topological polar surface area (TPSA) is 49.4 Å². The molecule has 2 atom stereocenters. The predicted octanol–water partition coefficient (Wildman–Crippen LogP) is 4.12. The average Bonchev–Trinajstić information content (AvgIpc) is 2.54. The molecule has 1 aliphatic rings. The van der Waals surface area contributed by atoms with Crippen LogP contribution in [0.3, 0.4) is 0 Å². The third-order valence-corrected chi connectivity index (χ3v) is 6.83. The first-order chi connectivity index (χ1) is 12.2. The molecule has 0 saturated carbocycles. The van der Waals surface area contributed by atoms with Crippen molar-refractivity contribution in [2.24, 2.45) is 0 Å². The van der Waals surface area contributed by atoms with Gasteiger partial charge in [-0.3, -0.25) is 0 Å². The van der Waals surface area contributed by atoms with Gasteiger partial charge in [0.05, 0.1) is 10.3 Å². The largest absolute Gasteiger partial charge is 0.301 e. The van der Waals surface area contributed by atoms with E-state index in [9.17, 15) is 8.42 Å². The molecule has 1 aliphatic heterocycles. The van der Waals surface area contributed by atoms with Crippen LogP contribution in [0.1, 0.15) is 29.5 Å². The van der Waals surface area contributed by atoms with Gasteiger partial charge >= 0.3 is 0 Å². The summed E-state index contributed by atoms with van der Waals surface area (Å²) in [6.07, 6.45) is 0. The number of nitrogens with zero attached hydrogens (tertiary/aromatic N) is 1. The van der Waals surface area contributed by atoms with Gasteiger partial charge in [-0.15, -0.1) is 0 Å². The fourth-order valence-electron chi connectivity index (χ4n) is 3.30. The van der Waals surface area contributed by atoms with Crippen molar-refractivity contribution in [3.05, 3.63) is 63.1 Å². The predicted molar refractivity (Wildman–Crippen MR) is 110 cm³/mol. The maximum Gasteiger partial charge on any atom is 0.241 e. The molecule has 1 heterocycles. The molecule has 0 aromatic heterocycles. The van der Waals surface area contributed by atoms with Crippen molar-refractivity contribution in [3.63, 3.8) is 0 Å². The van der Waals surface area contributed by atoms with Gasteiger partial charge in [-0.1, -0.05) is 35.3 Å². The maximum atomic E-state index is 12.3. The molecule has 3 rings (SSSR count). The highest BCUT2D eigenvalue weighted by Gasteiger charge is 2.27. The standard InChI is InChI=1S/C18H20Cl2N2O2S2/c1-11(25)21-26(23,24)14-5-3-12(4-6-14)16-9-22(2)10-17-15(16)7-13(19)8-18(17)20/h3-8,11,16,21,25H,9-10H2,1-2H3. The van der Waals surface area contributed by atoms with Gasteiger partial charge < -0.3 is 4.90 Å². The molecule has 4 nitrogen and oxygen atoms in total. The monoisotopic (exact) mass is 430 g/mol. The van der Waals surface area contributed by atoms with Crippen LogP contribution in [0.4, 0.5) is 0 Å². The number of hydrogen-bond acceptors (Lipinski definition) is 4. The fourth-order valence-corrected chi connectivity index (χ4v) is 5.37. The van der Waals surface area contributed by atoms with Gasteiger partial charge in [-0.25, -0.2) is 8.42 Å². The summed E-state index contributed by atoms with van der Waals surface area (Å²) in [4.78, 5) is 2.41. The number of sulfonamides is 1. The van der Waals surface area contributed by atoms with Crippen molar-refractivity contribution in [3.8, 4) is 0 Å². The van der Waals surface area contributed by atoms with Crippen molar-refractivity contribution < 1.29 is 8.42 Å². The summed E-state index contributed by atoms with van der Waals surface area (Å²) in [6.45, 7) is 3.23. The Bertz CT molecular complexity index is 916. The van der Waals surface area contributed by atoms with Crippen molar-refractivity contribution >= 4 is 45.9 Å². The normalized spacial score (nSPS) is 19.2. The number of nitrogens with one attached hydrogen (secondary N) is 1. The van der Waals surface area contributed by atoms with Crippen molar-refractivity contribution in [1.82, 2.24) is 9.62 Å². The third-order valence-electron chi connectivity index (χ3n) is 4.41. The van der Waals surface area contributed by atoms with E-state index >= 15 is 0 Å². The lowest BCUT2D eigenvalue weighted by atomic mass is 9.85. The lowest BCUT2D eigenvalue weighted by Gasteiger charge is -2.33. The number of benzene rings is 2. The molecule has 8 heteroatoms. The van der Waals surface area contributed by atoms with Gasteiger partial charge in [-0.2, -0.15) is 17.4 Å². The van der Waals surface area contributed by atoms with Crippen LogP contribution in [0.2, 0.25) is 10.0 Å². The number of hydrogen-bond donors (Lipinski definition) is 2. The summed E-state index contributed by atoms with van der Waals surface area (Å²) in [6, 6.07) is 10.6. The van der Waals surface area contributed by atoms with Gasteiger partial charge in [0.25, 0.3) is 0 Å². The van der Waals surface area contributed by atoms with E-state index in [1.165, 1.54) is 0 Å². The Hall–Kier alpha value is -0.760. The van der Waals surface area contributed by atoms with Crippen LogP contribution in [0.25, 0.3) is 0 Å². The second-order valence-electron chi connectivity index (χ2n) is 6.57. The van der Waals surface area contributed by atoms with Crippen LogP contribution in [-0.2, 0) is 16.6 Å². The second kappa shape index (κ2) is 7.70. The summed E-state index contributed by atoms with van der Waals surface area (Å²) in [7, 11) is -1.53. The minimum atomic E-state index is -3.57. The van der Waals surface area contributed by atoms with Crippen molar-refractivity contribution in [2.45, 2.75) is 29.7 Å². The summed E-state index contributed by atoms with van der Waals surface area (Å²) < 4.78 is 27.0. The number of thiol groups is 1. The van der Waals surface area contributed by atoms with Crippen molar-refractivity contribution in [1.29, 1.82) is 0 Å². The Labute approximate surface area is 170 Å². The SMILES string of the molecule is CC(S)NS(=O)(=O)c1ccc(C2CN(C)Cc3c(Cl)cc(Cl)cc32)cc1. The van der Waals surface area contributed by atoms with E-state index in [1.807, 2.05) is 25.2 Å². The number of fused-ring (bicyclic) bond motifs is 1. The number of likely N-dealkylation sites (N-methyl/N-ethyl adjacent to an activating group) is 1. The first-order valence-electron chi connectivity index (χ1n) is 8.14. The van der Waals surface area contributed by atoms with Gasteiger partial charge in [0.1, 0.15) is 0 Å². The van der Waals surface area contributed by atoms with Crippen LogP contribution in [0, 0.1) is 0 Å². The van der Waals surface area contributed by atoms with E-state index in [-0.39, 0.29) is 10.8 Å².